The summed E-state index contributed by atoms with van der Waals surface area (Å²) in [6, 6.07) is 11.7. The number of aromatic nitrogens is 4. The van der Waals surface area contributed by atoms with Gasteiger partial charge in [0.05, 0.1) is 5.41 Å². The van der Waals surface area contributed by atoms with Crippen LogP contribution in [0.1, 0.15) is 31.2 Å². The summed E-state index contributed by atoms with van der Waals surface area (Å²) in [7, 11) is 0. The van der Waals surface area contributed by atoms with Gasteiger partial charge in [-0.2, -0.15) is 5.10 Å². The van der Waals surface area contributed by atoms with Gasteiger partial charge in [-0.3, -0.25) is 10.1 Å². The van der Waals surface area contributed by atoms with Gasteiger partial charge in [-0.15, -0.1) is 15.3 Å². The molecule has 0 spiro atoms. The second kappa shape index (κ2) is 8.39. The molecule has 1 aliphatic carbocycles. The number of piperidine rings is 1. The van der Waals surface area contributed by atoms with Crippen molar-refractivity contribution in [2.24, 2.45) is 0 Å². The lowest BCUT2D eigenvalue weighted by atomic mass is 9.95. The van der Waals surface area contributed by atoms with Gasteiger partial charge in [0.25, 0.3) is 0 Å². The molecule has 2 fully saturated rings. The van der Waals surface area contributed by atoms with Crippen molar-refractivity contribution in [3.8, 4) is 0 Å². The van der Waals surface area contributed by atoms with E-state index in [-0.39, 0.29) is 5.91 Å². The molecule has 2 aromatic heterocycles. The third-order valence-electron chi connectivity index (χ3n) is 5.93. The molecular weight excluding hydrogens is 434 g/mol. The number of hydrogen-bond donors (Lipinski definition) is 2. The third kappa shape index (κ3) is 4.33. The molecule has 1 aromatic carbocycles. The highest BCUT2D eigenvalue weighted by atomic mass is 35.5. The average molecular weight is 456 g/mol. The molecule has 3 heterocycles. The molecule has 0 radical (unpaired) electrons. The number of nitrogens with zero attached hydrogens (tertiary/aromatic N) is 5. The second-order valence-corrected chi connectivity index (χ2v) is 9.36. The predicted molar refractivity (Wildman–Crippen MR) is 122 cm³/mol. The Morgan fingerprint density at radius 2 is 1.81 bits per heavy atom. The number of hydrogen-bond acceptors (Lipinski definition) is 8. The lowest BCUT2D eigenvalue weighted by Crippen LogP contribution is -2.39. The first-order chi connectivity index (χ1) is 15.1. The van der Waals surface area contributed by atoms with E-state index >= 15 is 0 Å². The van der Waals surface area contributed by atoms with Gasteiger partial charge in [0.1, 0.15) is 0 Å². The summed E-state index contributed by atoms with van der Waals surface area (Å²) < 4.78 is 0. The van der Waals surface area contributed by atoms with Gasteiger partial charge in [-0.25, -0.2) is 0 Å². The van der Waals surface area contributed by atoms with E-state index in [1.54, 1.807) is 6.20 Å². The van der Waals surface area contributed by atoms with Crippen molar-refractivity contribution < 1.29 is 4.79 Å². The zero-order valence-corrected chi connectivity index (χ0v) is 18.4. The fourth-order valence-corrected chi connectivity index (χ4v) is 4.82. The van der Waals surface area contributed by atoms with Crippen LogP contribution in [0.2, 0.25) is 5.02 Å². The summed E-state index contributed by atoms with van der Waals surface area (Å²) in [5, 5.41) is 24.8. The lowest BCUT2D eigenvalue weighted by molar-refractivity contribution is -0.118. The summed E-state index contributed by atoms with van der Waals surface area (Å²) in [5.74, 6) is 0.881. The summed E-state index contributed by atoms with van der Waals surface area (Å²) >= 11 is 7.35. The number of amides is 1. The van der Waals surface area contributed by atoms with Crippen LogP contribution in [0.3, 0.4) is 0 Å². The fourth-order valence-electron chi connectivity index (χ4n) is 3.98. The van der Waals surface area contributed by atoms with Crippen LogP contribution in [0.15, 0.2) is 42.6 Å². The molecule has 160 valence electrons. The van der Waals surface area contributed by atoms with E-state index in [2.05, 4.69) is 35.9 Å². The Bertz CT molecular complexity index is 1050. The normalized spacial score (nSPS) is 17.9. The van der Waals surface area contributed by atoms with E-state index in [0.717, 1.165) is 55.3 Å². The van der Waals surface area contributed by atoms with Gasteiger partial charge in [0.15, 0.2) is 5.82 Å². The van der Waals surface area contributed by atoms with Crippen LogP contribution >= 0.6 is 22.9 Å². The maximum atomic E-state index is 12.9. The largest absolute Gasteiger partial charge is 0.357 e. The van der Waals surface area contributed by atoms with Crippen LogP contribution < -0.4 is 15.5 Å². The molecule has 0 unspecified atom stereocenters. The SMILES string of the molecule is O=C(Nc1nnc(NC2CCN(c3cccnn3)CC2)s1)C1(c2ccc(Cl)cc2)CC1. The Balaban J connectivity index is 1.16. The standard InChI is InChI=1S/C21H22ClN7OS/c22-15-5-3-14(4-6-15)21(9-10-21)18(30)25-20-28-27-19(31-20)24-16-7-12-29(13-8-16)17-2-1-11-23-26-17/h1-6,11,16H,7-10,12-13H2,(H,24,27)(H,25,28,30). The molecule has 0 bridgehead atoms. The molecule has 1 saturated heterocycles. The van der Waals surface area contributed by atoms with Crippen LogP contribution in [0, 0.1) is 0 Å². The molecule has 8 nitrogen and oxygen atoms in total. The molecule has 5 rings (SSSR count). The van der Waals surface area contributed by atoms with Gasteiger partial charge >= 0.3 is 0 Å². The zero-order valence-electron chi connectivity index (χ0n) is 16.8. The van der Waals surface area contributed by atoms with E-state index in [1.807, 2.05) is 36.4 Å². The molecule has 1 saturated carbocycles. The van der Waals surface area contributed by atoms with Crippen LogP contribution in [-0.4, -0.2) is 45.4 Å². The molecule has 0 atom stereocenters. The van der Waals surface area contributed by atoms with Crippen LogP contribution in [0.5, 0.6) is 0 Å². The van der Waals surface area contributed by atoms with Gasteiger partial charge in [-0.05, 0) is 55.5 Å². The maximum Gasteiger partial charge on any atom is 0.236 e. The minimum absolute atomic E-state index is 0.0326. The first-order valence-corrected chi connectivity index (χ1v) is 11.5. The highest BCUT2D eigenvalue weighted by Crippen LogP contribution is 2.49. The Morgan fingerprint density at radius 3 is 2.48 bits per heavy atom. The molecule has 1 aliphatic heterocycles. The van der Waals surface area contributed by atoms with Gasteiger partial charge in [-0.1, -0.05) is 35.1 Å². The van der Waals surface area contributed by atoms with E-state index in [9.17, 15) is 4.79 Å². The van der Waals surface area contributed by atoms with Crippen molar-refractivity contribution in [2.45, 2.75) is 37.1 Å². The van der Waals surface area contributed by atoms with Gasteiger partial charge < -0.3 is 10.2 Å². The van der Waals surface area contributed by atoms with Gasteiger partial charge in [0, 0.05) is 30.4 Å². The van der Waals surface area contributed by atoms with Crippen molar-refractivity contribution in [3.63, 3.8) is 0 Å². The molecular formula is C21H22ClN7OS. The number of halogens is 1. The summed E-state index contributed by atoms with van der Waals surface area (Å²) in [4.78, 5) is 15.1. The summed E-state index contributed by atoms with van der Waals surface area (Å²) in [6.07, 6.45) is 5.28. The molecule has 1 amide bonds. The van der Waals surface area contributed by atoms with Crippen LogP contribution in [0.4, 0.5) is 16.1 Å². The van der Waals surface area contributed by atoms with Crippen molar-refractivity contribution in [1.29, 1.82) is 0 Å². The van der Waals surface area contributed by atoms with Crippen molar-refractivity contribution in [1.82, 2.24) is 20.4 Å². The maximum absolute atomic E-state index is 12.9. The number of carbonyl (C=O) groups is 1. The number of anilines is 3. The second-order valence-electron chi connectivity index (χ2n) is 7.94. The Hall–Kier alpha value is -2.78. The highest BCUT2D eigenvalue weighted by molar-refractivity contribution is 7.19. The van der Waals surface area contributed by atoms with Crippen molar-refractivity contribution in [2.75, 3.05) is 28.6 Å². The average Bonchev–Trinajstić information content (AvgIpc) is 3.50. The first-order valence-electron chi connectivity index (χ1n) is 10.3. The summed E-state index contributed by atoms with van der Waals surface area (Å²) in [6.45, 7) is 1.81. The summed E-state index contributed by atoms with van der Waals surface area (Å²) in [5.41, 5.74) is 0.518. The minimum atomic E-state index is -0.475. The molecule has 10 heteroatoms. The lowest BCUT2D eigenvalue weighted by Gasteiger charge is -2.32. The zero-order chi connectivity index (χ0) is 21.3. The minimum Gasteiger partial charge on any atom is -0.357 e. The number of benzene rings is 1. The Labute approximate surface area is 189 Å². The number of carbonyl (C=O) groups excluding carboxylic acids is 1. The molecule has 2 N–H and O–H groups in total. The molecule has 2 aliphatic rings. The van der Waals surface area contributed by atoms with E-state index in [4.69, 9.17) is 11.6 Å². The predicted octanol–water partition coefficient (Wildman–Crippen LogP) is 3.73. The van der Waals surface area contributed by atoms with Crippen molar-refractivity contribution in [3.05, 3.63) is 53.2 Å². The molecule has 31 heavy (non-hydrogen) atoms. The van der Waals surface area contributed by atoms with E-state index in [1.165, 1.54) is 11.3 Å². The topological polar surface area (TPSA) is 95.9 Å². The van der Waals surface area contributed by atoms with Crippen LogP contribution in [-0.2, 0) is 10.2 Å². The van der Waals surface area contributed by atoms with Gasteiger partial charge in [0.2, 0.25) is 16.2 Å². The smallest absolute Gasteiger partial charge is 0.236 e. The molecule has 3 aromatic rings. The number of rotatable bonds is 6. The van der Waals surface area contributed by atoms with Crippen LogP contribution in [0.25, 0.3) is 0 Å². The van der Waals surface area contributed by atoms with Crippen molar-refractivity contribution >= 4 is 44.9 Å². The third-order valence-corrected chi connectivity index (χ3v) is 6.95. The Morgan fingerprint density at radius 1 is 1.06 bits per heavy atom. The Kier molecular flexibility index (Phi) is 5.45. The van der Waals surface area contributed by atoms with E-state index in [0.29, 0.717) is 16.2 Å². The van der Waals surface area contributed by atoms with E-state index < -0.39 is 5.41 Å². The first kappa shape index (κ1) is 20.1. The monoisotopic (exact) mass is 455 g/mol. The fraction of sp³-hybridized carbons (Fsp3) is 0.381. The quantitative estimate of drug-likeness (QED) is 0.584. The highest BCUT2D eigenvalue weighted by Gasteiger charge is 2.51. The number of nitrogens with one attached hydrogen (secondary N) is 2.